The number of aromatic nitrogens is 2. The lowest BCUT2D eigenvalue weighted by Gasteiger charge is -2.19. The van der Waals surface area contributed by atoms with Crippen LogP contribution in [0.4, 0.5) is 13.2 Å². The highest BCUT2D eigenvalue weighted by molar-refractivity contribution is 5.92. The molecule has 148 valence electrons. The van der Waals surface area contributed by atoms with Crippen molar-refractivity contribution in [3.05, 3.63) is 57.5 Å². The molecule has 2 rings (SSSR count). The maximum absolute atomic E-state index is 12.9. The largest absolute Gasteiger partial charge is 0.416 e. The number of nitrogens with one attached hydrogen (secondary N) is 1. The van der Waals surface area contributed by atoms with Crippen LogP contribution in [0.5, 0.6) is 0 Å². The first kappa shape index (κ1) is 22.7. The molecule has 27 heavy (non-hydrogen) atoms. The van der Waals surface area contributed by atoms with E-state index in [4.69, 9.17) is 5.73 Å². The number of nitrogens with two attached hydrogens (primary N) is 1. The summed E-state index contributed by atoms with van der Waals surface area (Å²) in [6.45, 7) is 5.00. The Hall–Kier alpha value is -2.39. The average molecular weight is 405 g/mol. The van der Waals surface area contributed by atoms with Gasteiger partial charge < -0.3 is 11.1 Å². The van der Waals surface area contributed by atoms with Crippen LogP contribution < -0.4 is 16.5 Å². The molecule has 10 heteroatoms. The fourth-order valence-corrected chi connectivity index (χ4v) is 2.17. The quantitative estimate of drug-likeness (QED) is 0.819. The zero-order valence-corrected chi connectivity index (χ0v) is 15.7. The zero-order chi connectivity index (χ0) is 19.7. The van der Waals surface area contributed by atoms with Gasteiger partial charge in [0.2, 0.25) is 5.43 Å². The first-order chi connectivity index (χ1) is 11.9. The van der Waals surface area contributed by atoms with Crippen molar-refractivity contribution in [3.63, 3.8) is 0 Å². The molecule has 0 spiro atoms. The third kappa shape index (κ3) is 5.80. The van der Waals surface area contributed by atoms with Gasteiger partial charge in [-0.15, -0.1) is 12.4 Å². The Kier molecular flexibility index (Phi) is 6.79. The number of halogens is 4. The predicted molar refractivity (Wildman–Crippen MR) is 97.4 cm³/mol. The highest BCUT2D eigenvalue weighted by atomic mass is 35.5. The SMILES string of the molecule is Cc1cc(=O)c(C(=O)NCC(C)(C)N)nn1-c1cccc(C(F)(F)F)c1.Cl. The third-order valence-electron chi connectivity index (χ3n) is 3.45. The van der Waals surface area contributed by atoms with Gasteiger partial charge in [-0.3, -0.25) is 9.59 Å². The van der Waals surface area contributed by atoms with Gasteiger partial charge in [-0.1, -0.05) is 6.07 Å². The normalized spacial score (nSPS) is 11.7. The Morgan fingerprint density at radius 3 is 2.44 bits per heavy atom. The highest BCUT2D eigenvalue weighted by Crippen LogP contribution is 2.30. The monoisotopic (exact) mass is 404 g/mol. The number of hydrogen-bond donors (Lipinski definition) is 2. The molecule has 1 heterocycles. The van der Waals surface area contributed by atoms with Gasteiger partial charge in [0.25, 0.3) is 5.91 Å². The van der Waals surface area contributed by atoms with Crippen molar-refractivity contribution in [1.29, 1.82) is 0 Å². The summed E-state index contributed by atoms with van der Waals surface area (Å²) in [5.74, 6) is -0.741. The molecule has 0 saturated heterocycles. The molecule has 0 aliphatic rings. The van der Waals surface area contributed by atoms with Gasteiger partial charge in [0, 0.05) is 23.8 Å². The molecule has 1 aromatic heterocycles. The van der Waals surface area contributed by atoms with Gasteiger partial charge >= 0.3 is 6.18 Å². The van der Waals surface area contributed by atoms with Gasteiger partial charge in [0.15, 0.2) is 5.69 Å². The second-order valence-corrected chi connectivity index (χ2v) is 6.63. The molecule has 0 unspecified atom stereocenters. The Labute approximate surface area is 160 Å². The standard InChI is InChI=1S/C17H19F3N4O2.ClH/c1-10-7-13(25)14(15(26)22-9-16(2,3)21)23-24(10)12-6-4-5-11(8-12)17(18,19)20;/h4-8H,9,21H2,1-3H3,(H,22,26);1H. The molecule has 1 aromatic carbocycles. The molecule has 0 aliphatic heterocycles. The highest BCUT2D eigenvalue weighted by Gasteiger charge is 2.30. The number of hydrogen-bond acceptors (Lipinski definition) is 4. The van der Waals surface area contributed by atoms with E-state index in [0.717, 1.165) is 22.9 Å². The van der Waals surface area contributed by atoms with E-state index < -0.39 is 34.3 Å². The van der Waals surface area contributed by atoms with Gasteiger partial charge in [0.1, 0.15) is 0 Å². The number of carbonyl (C=O) groups is 1. The molecular weight excluding hydrogens is 385 g/mol. The van der Waals surface area contributed by atoms with Crippen molar-refractivity contribution in [1.82, 2.24) is 15.1 Å². The lowest BCUT2D eigenvalue weighted by molar-refractivity contribution is -0.137. The second kappa shape index (κ2) is 8.10. The van der Waals surface area contributed by atoms with E-state index in [-0.39, 0.29) is 24.6 Å². The average Bonchev–Trinajstić information content (AvgIpc) is 2.51. The number of benzene rings is 1. The summed E-state index contributed by atoms with van der Waals surface area (Å²) in [4.78, 5) is 24.3. The van der Waals surface area contributed by atoms with Crippen molar-refractivity contribution >= 4 is 18.3 Å². The summed E-state index contributed by atoms with van der Waals surface area (Å²) in [5, 5.41) is 6.44. The Morgan fingerprint density at radius 2 is 1.89 bits per heavy atom. The molecule has 0 saturated carbocycles. The molecule has 0 radical (unpaired) electrons. The van der Waals surface area contributed by atoms with Gasteiger partial charge in [0.05, 0.1) is 11.3 Å². The maximum atomic E-state index is 12.9. The molecule has 0 bridgehead atoms. The molecule has 2 aromatic rings. The van der Waals surface area contributed by atoms with Gasteiger partial charge in [-0.05, 0) is 39.0 Å². The number of carbonyl (C=O) groups excluding carboxylic acids is 1. The summed E-state index contributed by atoms with van der Waals surface area (Å²) in [6, 6.07) is 5.61. The summed E-state index contributed by atoms with van der Waals surface area (Å²) in [7, 11) is 0. The van der Waals surface area contributed by atoms with E-state index in [9.17, 15) is 22.8 Å². The maximum Gasteiger partial charge on any atom is 0.416 e. The van der Waals surface area contributed by atoms with Crippen molar-refractivity contribution in [2.24, 2.45) is 5.73 Å². The molecule has 0 atom stereocenters. The van der Waals surface area contributed by atoms with Crippen LogP contribution in [0.25, 0.3) is 5.69 Å². The van der Waals surface area contributed by atoms with E-state index in [0.29, 0.717) is 5.69 Å². The van der Waals surface area contributed by atoms with Crippen molar-refractivity contribution < 1.29 is 18.0 Å². The van der Waals surface area contributed by atoms with Crippen molar-refractivity contribution in [2.75, 3.05) is 6.54 Å². The minimum absolute atomic E-state index is 0. The number of amides is 1. The van der Waals surface area contributed by atoms with Crippen LogP contribution in [0.15, 0.2) is 35.1 Å². The van der Waals surface area contributed by atoms with Crippen LogP contribution in [-0.4, -0.2) is 27.8 Å². The Balaban J connectivity index is 0.00000364. The van der Waals surface area contributed by atoms with E-state index in [2.05, 4.69) is 10.4 Å². The Bertz CT molecular complexity index is 889. The fraction of sp³-hybridized carbons (Fsp3) is 0.353. The van der Waals surface area contributed by atoms with Crippen molar-refractivity contribution in [2.45, 2.75) is 32.5 Å². The van der Waals surface area contributed by atoms with E-state index in [1.54, 1.807) is 13.8 Å². The lowest BCUT2D eigenvalue weighted by Crippen LogP contribution is -2.46. The van der Waals surface area contributed by atoms with E-state index >= 15 is 0 Å². The Morgan fingerprint density at radius 1 is 1.26 bits per heavy atom. The van der Waals surface area contributed by atoms with E-state index in [1.165, 1.54) is 19.1 Å². The summed E-state index contributed by atoms with van der Waals surface area (Å²) in [5.41, 5.74) is 3.57. The van der Waals surface area contributed by atoms with Gasteiger partial charge in [-0.25, -0.2) is 4.68 Å². The summed E-state index contributed by atoms with van der Waals surface area (Å²) in [6.07, 6.45) is -4.52. The van der Waals surface area contributed by atoms with Crippen LogP contribution in [0, 0.1) is 6.92 Å². The van der Waals surface area contributed by atoms with Crippen LogP contribution in [-0.2, 0) is 6.18 Å². The molecule has 1 amide bonds. The smallest absolute Gasteiger partial charge is 0.349 e. The molecule has 0 fully saturated rings. The van der Waals surface area contributed by atoms with Crippen LogP contribution >= 0.6 is 12.4 Å². The van der Waals surface area contributed by atoms with Crippen LogP contribution in [0.2, 0.25) is 0 Å². The number of alkyl halides is 3. The summed E-state index contributed by atoms with van der Waals surface area (Å²) < 4.78 is 39.9. The first-order valence-electron chi connectivity index (χ1n) is 7.74. The minimum atomic E-state index is -4.52. The minimum Gasteiger partial charge on any atom is -0.349 e. The first-order valence-corrected chi connectivity index (χ1v) is 7.74. The molecule has 0 aliphatic carbocycles. The third-order valence-corrected chi connectivity index (χ3v) is 3.45. The van der Waals surface area contributed by atoms with Gasteiger partial charge in [-0.2, -0.15) is 18.3 Å². The van der Waals surface area contributed by atoms with Crippen LogP contribution in [0.3, 0.4) is 0 Å². The molecular formula is C17H20ClF3N4O2. The molecule has 3 N–H and O–H groups in total. The number of rotatable bonds is 4. The topological polar surface area (TPSA) is 90.0 Å². The second-order valence-electron chi connectivity index (χ2n) is 6.63. The van der Waals surface area contributed by atoms with E-state index in [1.807, 2.05) is 0 Å². The zero-order valence-electron chi connectivity index (χ0n) is 14.9. The van der Waals surface area contributed by atoms with Crippen LogP contribution in [0.1, 0.15) is 35.6 Å². The lowest BCUT2D eigenvalue weighted by atomic mass is 10.1. The summed E-state index contributed by atoms with van der Waals surface area (Å²) >= 11 is 0. The number of aryl methyl sites for hydroxylation is 1. The van der Waals surface area contributed by atoms with Crippen molar-refractivity contribution in [3.8, 4) is 5.69 Å². The predicted octanol–water partition coefficient (Wildman–Crippen LogP) is 2.45. The fourth-order valence-electron chi connectivity index (χ4n) is 2.17. The number of nitrogens with zero attached hydrogens (tertiary/aromatic N) is 2. The molecule has 6 nitrogen and oxygen atoms in total.